The molecule has 0 aliphatic heterocycles. The number of carbonyl (C=O) groups is 2. The first-order chi connectivity index (χ1) is 12.2. The van der Waals surface area contributed by atoms with Gasteiger partial charge in [-0.25, -0.2) is 4.79 Å². The van der Waals surface area contributed by atoms with Gasteiger partial charge >= 0.3 is 12.1 Å². The van der Waals surface area contributed by atoms with E-state index in [1.54, 1.807) is 18.2 Å². The number of benzene rings is 2. The number of halogens is 4. The molecule has 1 amide bonds. The van der Waals surface area contributed by atoms with Gasteiger partial charge in [0.05, 0.1) is 12.0 Å². The van der Waals surface area contributed by atoms with Crippen molar-refractivity contribution in [3.05, 3.63) is 63.2 Å². The van der Waals surface area contributed by atoms with Crippen LogP contribution < -0.4 is 5.32 Å². The Labute approximate surface area is 161 Å². The molecule has 138 valence electrons. The lowest BCUT2D eigenvalue weighted by atomic mass is 10.1. The van der Waals surface area contributed by atoms with Crippen molar-refractivity contribution in [3.63, 3.8) is 0 Å². The average molecular weight is 477 g/mol. The second kappa shape index (κ2) is 8.52. The Balaban J connectivity index is 2.24. The maximum atomic E-state index is 12.9. The van der Waals surface area contributed by atoms with Gasteiger partial charge in [-0.3, -0.25) is 4.79 Å². The van der Waals surface area contributed by atoms with Crippen LogP contribution in [0.15, 0.2) is 48.5 Å². The van der Waals surface area contributed by atoms with Crippen LogP contribution in [0.5, 0.6) is 0 Å². The van der Waals surface area contributed by atoms with Gasteiger partial charge < -0.3 is 10.1 Å². The summed E-state index contributed by atoms with van der Waals surface area (Å²) in [6, 6.07) is 12.2. The van der Waals surface area contributed by atoms with E-state index in [0.29, 0.717) is 9.26 Å². The summed E-state index contributed by atoms with van der Waals surface area (Å²) in [5.74, 6) is -1.12. The zero-order valence-electron chi connectivity index (χ0n) is 13.6. The fourth-order valence-electron chi connectivity index (χ4n) is 2.24. The third-order valence-electron chi connectivity index (χ3n) is 3.36. The third kappa shape index (κ3) is 6.01. The van der Waals surface area contributed by atoms with Gasteiger partial charge in [-0.15, -0.1) is 0 Å². The molecular weight excluding hydrogens is 462 g/mol. The van der Waals surface area contributed by atoms with Crippen molar-refractivity contribution in [2.75, 3.05) is 5.32 Å². The predicted molar refractivity (Wildman–Crippen MR) is 98.7 cm³/mol. The third-order valence-corrected chi connectivity index (χ3v) is 4.30. The van der Waals surface area contributed by atoms with Gasteiger partial charge in [0.1, 0.15) is 6.10 Å². The lowest BCUT2D eigenvalue weighted by Gasteiger charge is -2.20. The van der Waals surface area contributed by atoms with Gasteiger partial charge in [0, 0.05) is 16.2 Å². The summed E-state index contributed by atoms with van der Waals surface area (Å²) in [6.45, 7) is 1.32. The standard InChI is InChI=1S/C18H15F3INO3/c1-11(24)23-13-8-6-12(7-9-13)16(10-18(19,20)21)26-17(25)14-4-2-3-5-15(14)22/h2-9,16H,10H2,1H3,(H,23,24). The van der Waals surface area contributed by atoms with Gasteiger partial charge in [0.2, 0.25) is 5.91 Å². The van der Waals surface area contributed by atoms with Crippen LogP contribution in [0, 0.1) is 3.57 Å². The number of hydrogen-bond acceptors (Lipinski definition) is 3. The van der Waals surface area contributed by atoms with Crippen molar-refractivity contribution in [3.8, 4) is 0 Å². The molecule has 0 radical (unpaired) electrons. The monoisotopic (exact) mass is 477 g/mol. The van der Waals surface area contributed by atoms with Crippen molar-refractivity contribution >= 4 is 40.2 Å². The smallest absolute Gasteiger partial charge is 0.392 e. The topological polar surface area (TPSA) is 55.4 Å². The van der Waals surface area contributed by atoms with E-state index in [4.69, 9.17) is 4.74 Å². The largest absolute Gasteiger partial charge is 0.454 e. The molecule has 0 bridgehead atoms. The zero-order valence-corrected chi connectivity index (χ0v) is 15.8. The highest BCUT2D eigenvalue weighted by Crippen LogP contribution is 2.33. The maximum Gasteiger partial charge on any atom is 0.392 e. The number of hydrogen-bond donors (Lipinski definition) is 1. The van der Waals surface area contributed by atoms with E-state index in [2.05, 4.69) is 5.32 Å². The molecule has 0 aliphatic rings. The SMILES string of the molecule is CC(=O)Nc1ccc(C(CC(F)(F)F)OC(=O)c2ccccc2I)cc1. The maximum absolute atomic E-state index is 12.9. The number of carbonyl (C=O) groups excluding carboxylic acids is 2. The molecule has 0 saturated carbocycles. The molecule has 1 N–H and O–H groups in total. The summed E-state index contributed by atoms with van der Waals surface area (Å²) in [6.07, 6.45) is -7.29. The Kier molecular flexibility index (Phi) is 6.63. The van der Waals surface area contributed by atoms with E-state index < -0.39 is 24.7 Å². The molecule has 0 heterocycles. The summed E-state index contributed by atoms with van der Waals surface area (Å²) in [5.41, 5.74) is 0.835. The molecule has 1 unspecified atom stereocenters. The molecule has 0 fully saturated rings. The Morgan fingerprint density at radius 3 is 2.27 bits per heavy atom. The minimum Gasteiger partial charge on any atom is -0.454 e. The van der Waals surface area contributed by atoms with Crippen LogP contribution in [0.3, 0.4) is 0 Å². The number of esters is 1. The molecule has 0 spiro atoms. The van der Waals surface area contributed by atoms with E-state index in [1.165, 1.54) is 37.3 Å². The highest BCUT2D eigenvalue weighted by atomic mass is 127. The molecule has 2 rings (SSSR count). The first-order valence-electron chi connectivity index (χ1n) is 7.55. The van der Waals surface area contributed by atoms with Gasteiger partial charge in [-0.1, -0.05) is 24.3 Å². The molecule has 26 heavy (non-hydrogen) atoms. The number of nitrogens with one attached hydrogen (secondary N) is 1. The lowest BCUT2D eigenvalue weighted by Crippen LogP contribution is -2.20. The normalized spacial score (nSPS) is 12.3. The van der Waals surface area contributed by atoms with Crippen LogP contribution in [0.4, 0.5) is 18.9 Å². The Hall–Kier alpha value is -2.10. The Bertz CT molecular complexity index is 791. The van der Waals surface area contributed by atoms with E-state index in [1.807, 2.05) is 22.6 Å². The van der Waals surface area contributed by atoms with Crippen LogP contribution in [0.2, 0.25) is 0 Å². The lowest BCUT2D eigenvalue weighted by molar-refractivity contribution is -0.155. The van der Waals surface area contributed by atoms with Crippen molar-refractivity contribution in [2.45, 2.75) is 25.6 Å². The second-order valence-corrected chi connectivity index (χ2v) is 6.66. The Morgan fingerprint density at radius 2 is 1.73 bits per heavy atom. The number of anilines is 1. The van der Waals surface area contributed by atoms with E-state index in [9.17, 15) is 22.8 Å². The summed E-state index contributed by atoms with van der Waals surface area (Å²) in [5, 5.41) is 2.52. The fourth-order valence-corrected chi connectivity index (χ4v) is 2.85. The number of rotatable bonds is 5. The van der Waals surface area contributed by atoms with Crippen LogP contribution in [-0.2, 0) is 9.53 Å². The molecule has 0 aliphatic carbocycles. The first-order valence-corrected chi connectivity index (χ1v) is 8.63. The van der Waals surface area contributed by atoms with Crippen molar-refractivity contribution < 1.29 is 27.5 Å². The van der Waals surface area contributed by atoms with Gasteiger partial charge in [-0.2, -0.15) is 13.2 Å². The second-order valence-electron chi connectivity index (χ2n) is 5.50. The fraction of sp³-hybridized carbons (Fsp3) is 0.222. The number of alkyl halides is 3. The van der Waals surface area contributed by atoms with Crippen molar-refractivity contribution in [1.82, 2.24) is 0 Å². The van der Waals surface area contributed by atoms with Crippen LogP contribution in [-0.4, -0.2) is 18.1 Å². The molecular formula is C18H15F3INO3. The average Bonchev–Trinajstić information content (AvgIpc) is 2.53. The van der Waals surface area contributed by atoms with Crippen molar-refractivity contribution in [1.29, 1.82) is 0 Å². The van der Waals surface area contributed by atoms with Gasteiger partial charge in [-0.05, 0) is 52.4 Å². The molecule has 0 aromatic heterocycles. The minimum absolute atomic E-state index is 0.190. The minimum atomic E-state index is -4.51. The number of ether oxygens (including phenoxy) is 1. The van der Waals surface area contributed by atoms with E-state index >= 15 is 0 Å². The number of amides is 1. The molecule has 2 aromatic rings. The molecule has 2 aromatic carbocycles. The van der Waals surface area contributed by atoms with Crippen molar-refractivity contribution in [2.24, 2.45) is 0 Å². The highest BCUT2D eigenvalue weighted by Gasteiger charge is 2.35. The van der Waals surface area contributed by atoms with Crippen LogP contribution >= 0.6 is 22.6 Å². The summed E-state index contributed by atoms with van der Waals surface area (Å²) in [7, 11) is 0. The summed E-state index contributed by atoms with van der Waals surface area (Å²) < 4.78 is 44.5. The zero-order chi connectivity index (χ0) is 19.3. The highest BCUT2D eigenvalue weighted by molar-refractivity contribution is 14.1. The molecule has 8 heteroatoms. The van der Waals surface area contributed by atoms with Crippen LogP contribution in [0.25, 0.3) is 0 Å². The quantitative estimate of drug-likeness (QED) is 0.482. The Morgan fingerprint density at radius 1 is 1.12 bits per heavy atom. The van der Waals surface area contributed by atoms with E-state index in [0.717, 1.165) is 0 Å². The summed E-state index contributed by atoms with van der Waals surface area (Å²) in [4.78, 5) is 23.3. The van der Waals surface area contributed by atoms with Crippen LogP contribution in [0.1, 0.15) is 35.4 Å². The molecule has 1 atom stereocenters. The first kappa shape index (κ1) is 20.2. The predicted octanol–water partition coefficient (Wildman–Crippen LogP) is 5.10. The van der Waals surface area contributed by atoms with E-state index in [-0.39, 0.29) is 17.0 Å². The molecule has 4 nitrogen and oxygen atoms in total. The van der Waals surface area contributed by atoms with Gasteiger partial charge in [0.25, 0.3) is 0 Å². The van der Waals surface area contributed by atoms with Gasteiger partial charge in [0.15, 0.2) is 0 Å². The molecule has 0 saturated heterocycles. The summed E-state index contributed by atoms with van der Waals surface area (Å²) >= 11 is 1.92.